The third-order valence-corrected chi connectivity index (χ3v) is 5.06. The molecule has 6 nitrogen and oxygen atoms in total. The molecular formula is C22H28FN3O3. The summed E-state index contributed by atoms with van der Waals surface area (Å²) in [6.45, 7) is 6.23. The van der Waals surface area contributed by atoms with Crippen LogP contribution in [-0.2, 0) is 9.53 Å². The van der Waals surface area contributed by atoms with Crippen LogP contribution in [0.4, 0.5) is 4.39 Å². The van der Waals surface area contributed by atoms with Gasteiger partial charge < -0.3 is 14.3 Å². The van der Waals surface area contributed by atoms with E-state index in [1.165, 1.54) is 0 Å². The number of pyridine rings is 1. The third kappa shape index (κ3) is 6.29. The first-order chi connectivity index (χ1) is 13.9. The van der Waals surface area contributed by atoms with Gasteiger partial charge in [0.2, 0.25) is 5.88 Å². The Morgan fingerprint density at radius 3 is 2.41 bits per heavy atom. The lowest BCUT2D eigenvalue weighted by molar-refractivity contribution is -0.118. The Morgan fingerprint density at radius 1 is 1.14 bits per heavy atom. The minimum atomic E-state index is -0.466. The highest BCUT2D eigenvalue weighted by Gasteiger charge is 2.24. The second-order valence-corrected chi connectivity index (χ2v) is 7.93. The molecule has 1 fully saturated rings. The van der Waals surface area contributed by atoms with Crippen LogP contribution in [0.3, 0.4) is 0 Å². The second-order valence-electron chi connectivity index (χ2n) is 7.93. The number of carbonyl (C=O) groups excluding carboxylic acids is 1. The summed E-state index contributed by atoms with van der Waals surface area (Å²) in [5, 5.41) is 0. The number of halogens is 1. The van der Waals surface area contributed by atoms with Crippen molar-refractivity contribution in [1.29, 1.82) is 0 Å². The SMILES string of the molecule is CC(=O)C[C@@H](C)COC1CCC(Oc2ncc(-c3ncc(F)cn3)cc2C)CC1. The predicted molar refractivity (Wildman–Crippen MR) is 107 cm³/mol. The average Bonchev–Trinajstić information content (AvgIpc) is 2.69. The fourth-order valence-electron chi connectivity index (χ4n) is 3.59. The van der Waals surface area contributed by atoms with Gasteiger partial charge in [-0.15, -0.1) is 0 Å². The number of ketones is 1. The summed E-state index contributed by atoms with van der Waals surface area (Å²) in [5.74, 6) is 1.04. The van der Waals surface area contributed by atoms with Gasteiger partial charge in [-0.2, -0.15) is 0 Å². The van der Waals surface area contributed by atoms with Crippen molar-refractivity contribution in [1.82, 2.24) is 15.0 Å². The number of nitrogens with zero attached hydrogens (tertiary/aromatic N) is 3. The second kappa shape index (κ2) is 9.87. The molecular weight excluding hydrogens is 373 g/mol. The number of aromatic nitrogens is 3. The van der Waals surface area contributed by atoms with E-state index in [1.54, 1.807) is 13.1 Å². The van der Waals surface area contributed by atoms with E-state index in [1.807, 2.05) is 19.9 Å². The maximum absolute atomic E-state index is 13.0. The van der Waals surface area contributed by atoms with Gasteiger partial charge in [0.15, 0.2) is 11.6 Å². The molecule has 3 rings (SSSR count). The van der Waals surface area contributed by atoms with Crippen molar-refractivity contribution in [3.8, 4) is 17.3 Å². The Bertz CT molecular complexity index is 821. The van der Waals surface area contributed by atoms with Crippen LogP contribution in [0.5, 0.6) is 5.88 Å². The molecule has 29 heavy (non-hydrogen) atoms. The zero-order valence-electron chi connectivity index (χ0n) is 17.2. The van der Waals surface area contributed by atoms with Crippen molar-refractivity contribution in [2.24, 2.45) is 5.92 Å². The van der Waals surface area contributed by atoms with E-state index in [9.17, 15) is 9.18 Å². The summed E-state index contributed by atoms with van der Waals surface area (Å²) in [4.78, 5) is 23.6. The Balaban J connectivity index is 1.49. The lowest BCUT2D eigenvalue weighted by Crippen LogP contribution is -2.29. The molecule has 0 unspecified atom stereocenters. The van der Waals surface area contributed by atoms with E-state index in [0.29, 0.717) is 24.7 Å². The zero-order valence-corrected chi connectivity index (χ0v) is 17.2. The van der Waals surface area contributed by atoms with Crippen LogP contribution in [0.1, 0.15) is 51.5 Å². The molecule has 0 bridgehead atoms. The topological polar surface area (TPSA) is 74.2 Å². The van der Waals surface area contributed by atoms with E-state index in [-0.39, 0.29) is 23.9 Å². The minimum absolute atomic E-state index is 0.114. The van der Waals surface area contributed by atoms with Crippen molar-refractivity contribution in [2.45, 2.75) is 65.1 Å². The Kier molecular flexibility index (Phi) is 7.25. The summed E-state index contributed by atoms with van der Waals surface area (Å²) in [6.07, 6.45) is 8.57. The molecule has 0 spiro atoms. The largest absolute Gasteiger partial charge is 0.474 e. The Labute approximate surface area is 170 Å². The molecule has 1 aliphatic rings. The maximum Gasteiger partial charge on any atom is 0.216 e. The van der Waals surface area contributed by atoms with E-state index in [4.69, 9.17) is 9.47 Å². The first-order valence-corrected chi connectivity index (χ1v) is 10.1. The third-order valence-electron chi connectivity index (χ3n) is 5.06. The van der Waals surface area contributed by atoms with Crippen LogP contribution in [0.2, 0.25) is 0 Å². The van der Waals surface area contributed by atoms with E-state index >= 15 is 0 Å². The van der Waals surface area contributed by atoms with Crippen LogP contribution < -0.4 is 4.74 Å². The van der Waals surface area contributed by atoms with Crippen LogP contribution in [-0.4, -0.2) is 39.5 Å². The van der Waals surface area contributed by atoms with Crippen molar-refractivity contribution in [3.05, 3.63) is 36.0 Å². The maximum atomic E-state index is 13.0. The van der Waals surface area contributed by atoms with Crippen molar-refractivity contribution < 1.29 is 18.7 Å². The lowest BCUT2D eigenvalue weighted by Gasteiger charge is -2.29. The van der Waals surface area contributed by atoms with Crippen LogP contribution in [0.25, 0.3) is 11.4 Å². The normalized spacial score (nSPS) is 20.3. The Morgan fingerprint density at radius 2 is 1.79 bits per heavy atom. The summed E-state index contributed by atoms with van der Waals surface area (Å²) in [5.41, 5.74) is 1.62. The molecule has 0 N–H and O–H groups in total. The number of hydrogen-bond donors (Lipinski definition) is 0. The molecule has 0 saturated heterocycles. The predicted octanol–water partition coefficient (Wildman–Crippen LogP) is 4.31. The van der Waals surface area contributed by atoms with E-state index in [2.05, 4.69) is 15.0 Å². The molecule has 2 aromatic heterocycles. The zero-order chi connectivity index (χ0) is 20.8. The molecule has 0 radical (unpaired) electrons. The average molecular weight is 401 g/mol. The van der Waals surface area contributed by atoms with Crippen molar-refractivity contribution >= 4 is 5.78 Å². The molecule has 1 saturated carbocycles. The van der Waals surface area contributed by atoms with E-state index in [0.717, 1.165) is 49.2 Å². The van der Waals surface area contributed by atoms with Crippen molar-refractivity contribution in [3.63, 3.8) is 0 Å². The first kappa shape index (κ1) is 21.3. The fraction of sp³-hybridized carbons (Fsp3) is 0.545. The van der Waals surface area contributed by atoms with Gasteiger partial charge in [0, 0.05) is 30.4 Å². The summed E-state index contributed by atoms with van der Waals surface area (Å²) >= 11 is 0. The molecule has 7 heteroatoms. The highest BCUT2D eigenvalue weighted by atomic mass is 19.1. The monoisotopic (exact) mass is 401 g/mol. The molecule has 0 aromatic carbocycles. The van der Waals surface area contributed by atoms with Gasteiger partial charge in [0.25, 0.3) is 0 Å². The van der Waals surface area contributed by atoms with E-state index < -0.39 is 5.82 Å². The highest BCUT2D eigenvalue weighted by molar-refractivity contribution is 5.75. The van der Waals surface area contributed by atoms with Gasteiger partial charge in [0.05, 0.1) is 18.5 Å². The van der Waals surface area contributed by atoms with Gasteiger partial charge in [-0.3, -0.25) is 0 Å². The number of rotatable bonds is 8. The first-order valence-electron chi connectivity index (χ1n) is 10.1. The summed E-state index contributed by atoms with van der Waals surface area (Å²) < 4.78 is 25.1. The smallest absolute Gasteiger partial charge is 0.216 e. The van der Waals surface area contributed by atoms with Crippen molar-refractivity contribution in [2.75, 3.05) is 6.61 Å². The number of aryl methyl sites for hydroxylation is 1. The highest BCUT2D eigenvalue weighted by Crippen LogP contribution is 2.28. The molecule has 156 valence electrons. The minimum Gasteiger partial charge on any atom is -0.474 e. The summed E-state index contributed by atoms with van der Waals surface area (Å²) in [7, 11) is 0. The molecule has 1 atom stereocenters. The number of hydrogen-bond acceptors (Lipinski definition) is 6. The van der Waals surface area contributed by atoms with Crippen LogP contribution in [0, 0.1) is 18.7 Å². The number of ether oxygens (including phenoxy) is 2. The fourth-order valence-corrected chi connectivity index (χ4v) is 3.59. The molecule has 0 aliphatic heterocycles. The number of carbonyl (C=O) groups is 1. The lowest BCUT2D eigenvalue weighted by atomic mass is 9.94. The molecule has 2 aromatic rings. The van der Waals surface area contributed by atoms with Gasteiger partial charge in [-0.25, -0.2) is 19.3 Å². The summed E-state index contributed by atoms with van der Waals surface area (Å²) in [6, 6.07) is 1.90. The van der Waals surface area contributed by atoms with Crippen LogP contribution in [0.15, 0.2) is 24.7 Å². The number of Topliss-reactive ketones (excluding diaryl/α,β-unsaturated/α-hetero) is 1. The van der Waals surface area contributed by atoms with Crippen LogP contribution >= 0.6 is 0 Å². The van der Waals surface area contributed by atoms with Gasteiger partial charge >= 0.3 is 0 Å². The van der Waals surface area contributed by atoms with Gasteiger partial charge in [0.1, 0.15) is 11.9 Å². The van der Waals surface area contributed by atoms with Gasteiger partial charge in [-0.05, 0) is 51.5 Å². The van der Waals surface area contributed by atoms with Gasteiger partial charge in [-0.1, -0.05) is 6.92 Å². The molecule has 2 heterocycles. The Hall–Kier alpha value is -2.41. The molecule has 1 aliphatic carbocycles. The standard InChI is InChI=1S/C22H28FN3O3/c1-14(8-16(3)27)13-28-19-4-6-20(7-5-19)29-22-15(2)9-17(10-26-22)21-24-11-18(23)12-25-21/h9-12,14,19-20H,4-8,13H2,1-3H3/t14-,19?,20?/m1/s1. The quantitative estimate of drug-likeness (QED) is 0.656. The molecule has 0 amide bonds.